The lowest BCUT2D eigenvalue weighted by Crippen LogP contribution is -1.65. The SMILES string of the molecule is c1ccccc2c3c(ccc2ccc1)C3. The highest BCUT2D eigenvalue weighted by Crippen LogP contribution is 2.34. The molecule has 0 saturated heterocycles. The smallest absolute Gasteiger partial charge is 0.00137 e. The van der Waals surface area contributed by atoms with Gasteiger partial charge in [-0.2, -0.15) is 0 Å². The normalized spacial score (nSPS) is 11.7. The molecular formula is C15H12. The maximum absolute atomic E-state index is 2.23. The molecule has 0 aromatic heterocycles. The van der Waals surface area contributed by atoms with Crippen molar-refractivity contribution in [2.75, 3.05) is 0 Å². The van der Waals surface area contributed by atoms with Crippen LogP contribution in [-0.4, -0.2) is 0 Å². The van der Waals surface area contributed by atoms with Crippen molar-refractivity contribution in [1.82, 2.24) is 0 Å². The molecule has 0 heteroatoms. The molecule has 3 rings (SSSR count). The zero-order valence-corrected chi connectivity index (χ0v) is 8.48. The molecule has 0 atom stereocenters. The van der Waals surface area contributed by atoms with Gasteiger partial charge in [0, 0.05) is 0 Å². The highest BCUT2D eigenvalue weighted by atomic mass is 14.2. The predicted octanol–water partition coefficient (Wildman–Crippen LogP) is 3.87. The van der Waals surface area contributed by atoms with Gasteiger partial charge in [0.2, 0.25) is 0 Å². The number of fused-ring (bicyclic) bond motifs is 3. The highest BCUT2D eigenvalue weighted by molar-refractivity contribution is 5.89. The molecule has 0 unspecified atom stereocenters. The van der Waals surface area contributed by atoms with E-state index in [1.54, 1.807) is 0 Å². The molecule has 2 aromatic carbocycles. The van der Waals surface area contributed by atoms with Gasteiger partial charge in [-0.15, -0.1) is 0 Å². The van der Waals surface area contributed by atoms with Crippen LogP contribution in [0.4, 0.5) is 0 Å². The third kappa shape index (κ3) is 1.59. The van der Waals surface area contributed by atoms with E-state index in [0.717, 1.165) is 0 Å². The van der Waals surface area contributed by atoms with Crippen LogP contribution in [0, 0.1) is 0 Å². The fourth-order valence-electron chi connectivity index (χ4n) is 1.94. The first-order chi connectivity index (χ1) is 7.45. The van der Waals surface area contributed by atoms with Crippen LogP contribution in [0.2, 0.25) is 0 Å². The van der Waals surface area contributed by atoms with Gasteiger partial charge in [-0.25, -0.2) is 0 Å². The minimum atomic E-state index is 1.17. The quantitative estimate of drug-likeness (QED) is 0.507. The third-order valence-corrected chi connectivity index (χ3v) is 2.82. The Morgan fingerprint density at radius 3 is 2.27 bits per heavy atom. The lowest BCUT2D eigenvalue weighted by atomic mass is 10.1. The monoisotopic (exact) mass is 192 g/mol. The van der Waals surface area contributed by atoms with Crippen LogP contribution in [0.25, 0.3) is 10.8 Å². The molecule has 1 aliphatic carbocycles. The summed E-state index contributed by atoms with van der Waals surface area (Å²) in [7, 11) is 0. The van der Waals surface area contributed by atoms with E-state index in [4.69, 9.17) is 0 Å². The molecule has 0 saturated carbocycles. The summed E-state index contributed by atoms with van der Waals surface area (Å²) in [6.45, 7) is 0. The fourth-order valence-corrected chi connectivity index (χ4v) is 1.94. The van der Waals surface area contributed by atoms with Crippen LogP contribution in [0.3, 0.4) is 0 Å². The standard InChI is InChI=1S/C15H12/c1-2-4-6-8-14-12(7-5-3-1)9-10-13-11-15(13)14/h1-10H,11H2. The van der Waals surface area contributed by atoms with Gasteiger partial charge in [-0.05, 0) is 28.3 Å². The number of hydrogen-bond acceptors (Lipinski definition) is 0. The van der Waals surface area contributed by atoms with Gasteiger partial charge in [0.1, 0.15) is 0 Å². The summed E-state index contributed by atoms with van der Waals surface area (Å²) in [6, 6.07) is 21.3. The summed E-state index contributed by atoms with van der Waals surface area (Å²) < 4.78 is 0. The Morgan fingerprint density at radius 1 is 0.667 bits per heavy atom. The average molecular weight is 192 g/mol. The van der Waals surface area contributed by atoms with E-state index in [1.807, 2.05) is 12.1 Å². The molecule has 72 valence electrons. The van der Waals surface area contributed by atoms with E-state index in [1.165, 1.54) is 28.3 Å². The summed E-state index contributed by atoms with van der Waals surface area (Å²) in [4.78, 5) is 0. The van der Waals surface area contributed by atoms with Crippen molar-refractivity contribution in [1.29, 1.82) is 0 Å². The molecule has 0 radical (unpaired) electrons. The Labute approximate surface area is 89.5 Å². The number of benzene rings is 1. The first-order valence-corrected chi connectivity index (χ1v) is 5.28. The summed E-state index contributed by atoms with van der Waals surface area (Å²) in [5, 5.41) is 2.71. The highest BCUT2D eigenvalue weighted by Gasteiger charge is 2.17. The van der Waals surface area contributed by atoms with Gasteiger partial charge in [0.05, 0.1) is 0 Å². The molecule has 2 aromatic rings. The molecule has 0 N–H and O–H groups in total. The predicted molar refractivity (Wildman–Crippen MR) is 64.4 cm³/mol. The zero-order valence-electron chi connectivity index (χ0n) is 8.48. The molecule has 0 fully saturated rings. The summed E-state index contributed by atoms with van der Waals surface area (Å²) in [6.07, 6.45) is 1.17. The van der Waals surface area contributed by atoms with E-state index >= 15 is 0 Å². The van der Waals surface area contributed by atoms with Gasteiger partial charge in [-0.3, -0.25) is 0 Å². The molecule has 0 spiro atoms. The van der Waals surface area contributed by atoms with Crippen LogP contribution >= 0.6 is 0 Å². The van der Waals surface area contributed by atoms with Gasteiger partial charge in [0.25, 0.3) is 0 Å². The Bertz CT molecular complexity index is 566. The summed E-state index contributed by atoms with van der Waals surface area (Å²) in [5.41, 5.74) is 3.02. The maximum atomic E-state index is 2.23. The van der Waals surface area contributed by atoms with Crippen LogP contribution in [0.1, 0.15) is 11.1 Å². The topological polar surface area (TPSA) is 0 Å². The average Bonchev–Trinajstić information content (AvgIpc) is 3.04. The van der Waals surface area contributed by atoms with E-state index in [-0.39, 0.29) is 0 Å². The largest absolute Gasteiger partial charge is 0.0623 e. The Balaban J connectivity index is 2.38. The first kappa shape index (κ1) is 8.49. The van der Waals surface area contributed by atoms with Crippen molar-refractivity contribution in [2.24, 2.45) is 0 Å². The summed E-state index contributed by atoms with van der Waals surface area (Å²) in [5.74, 6) is 0. The lowest BCUT2D eigenvalue weighted by molar-refractivity contribution is 1.62. The lowest BCUT2D eigenvalue weighted by Gasteiger charge is -1.90. The molecule has 0 heterocycles. The minimum absolute atomic E-state index is 1.17. The first-order valence-electron chi connectivity index (χ1n) is 5.28. The van der Waals surface area contributed by atoms with Crippen molar-refractivity contribution in [3.05, 3.63) is 71.8 Å². The van der Waals surface area contributed by atoms with E-state index < -0.39 is 0 Å². The second kappa shape index (κ2) is 3.39. The fraction of sp³-hybridized carbons (Fsp3) is 0.0667. The molecule has 1 aliphatic rings. The summed E-state index contributed by atoms with van der Waals surface area (Å²) >= 11 is 0. The Hall–Kier alpha value is -1.82. The second-order valence-electron chi connectivity index (χ2n) is 3.87. The van der Waals surface area contributed by atoms with Crippen molar-refractivity contribution < 1.29 is 0 Å². The van der Waals surface area contributed by atoms with Crippen molar-refractivity contribution in [3.8, 4) is 0 Å². The number of rotatable bonds is 0. The van der Waals surface area contributed by atoms with E-state index in [0.29, 0.717) is 0 Å². The van der Waals surface area contributed by atoms with Crippen molar-refractivity contribution in [2.45, 2.75) is 6.42 Å². The maximum Gasteiger partial charge on any atom is -0.00137 e. The van der Waals surface area contributed by atoms with E-state index in [9.17, 15) is 0 Å². The third-order valence-electron chi connectivity index (χ3n) is 2.82. The Kier molecular flexibility index (Phi) is 1.92. The van der Waals surface area contributed by atoms with Gasteiger partial charge in [0.15, 0.2) is 0 Å². The van der Waals surface area contributed by atoms with Gasteiger partial charge >= 0.3 is 0 Å². The van der Waals surface area contributed by atoms with Crippen LogP contribution < -0.4 is 0 Å². The Morgan fingerprint density at radius 2 is 1.40 bits per heavy atom. The molecule has 15 heavy (non-hydrogen) atoms. The van der Waals surface area contributed by atoms with Crippen LogP contribution in [-0.2, 0) is 6.42 Å². The van der Waals surface area contributed by atoms with Crippen LogP contribution in [0.15, 0.2) is 60.7 Å². The zero-order chi connectivity index (χ0) is 10.1. The molecule has 0 nitrogen and oxygen atoms in total. The molecule has 0 bridgehead atoms. The number of hydrogen-bond donors (Lipinski definition) is 0. The van der Waals surface area contributed by atoms with Gasteiger partial charge < -0.3 is 0 Å². The molecule has 0 aliphatic heterocycles. The van der Waals surface area contributed by atoms with E-state index in [2.05, 4.69) is 48.5 Å². The van der Waals surface area contributed by atoms with Gasteiger partial charge in [-0.1, -0.05) is 60.7 Å². The van der Waals surface area contributed by atoms with Crippen LogP contribution in [0.5, 0.6) is 0 Å². The van der Waals surface area contributed by atoms with Crippen molar-refractivity contribution in [3.63, 3.8) is 0 Å². The minimum Gasteiger partial charge on any atom is -0.0623 e. The second-order valence-corrected chi connectivity index (χ2v) is 3.87. The molecule has 0 amide bonds. The van der Waals surface area contributed by atoms with Crippen molar-refractivity contribution >= 4 is 10.8 Å². The molecular weight excluding hydrogens is 180 g/mol.